The molecule has 2 aromatic rings. The summed E-state index contributed by atoms with van der Waals surface area (Å²) in [5.41, 5.74) is 1.20. The van der Waals surface area contributed by atoms with E-state index in [4.69, 9.17) is 16.3 Å². The van der Waals surface area contributed by atoms with Gasteiger partial charge in [0.05, 0.1) is 24.7 Å². The van der Waals surface area contributed by atoms with E-state index in [2.05, 4.69) is 26.2 Å². The van der Waals surface area contributed by atoms with E-state index < -0.39 is 5.97 Å². The van der Waals surface area contributed by atoms with Gasteiger partial charge in [-0.05, 0) is 30.7 Å². The van der Waals surface area contributed by atoms with Gasteiger partial charge in [0, 0.05) is 4.47 Å². The number of halogens is 3. The molecule has 0 unspecified atom stereocenters. The molecular formula is C13H12BrClFN3O2. The van der Waals surface area contributed by atoms with E-state index in [1.165, 1.54) is 16.8 Å². The van der Waals surface area contributed by atoms with E-state index >= 15 is 0 Å². The number of carbonyl (C=O) groups excluding carboxylic acids is 1. The molecule has 0 aliphatic heterocycles. The van der Waals surface area contributed by atoms with Gasteiger partial charge in [0.1, 0.15) is 5.82 Å². The van der Waals surface area contributed by atoms with E-state index in [1.807, 2.05) is 0 Å². The van der Waals surface area contributed by atoms with Crippen molar-refractivity contribution in [2.75, 3.05) is 6.61 Å². The lowest BCUT2D eigenvalue weighted by atomic mass is 10.2. The zero-order valence-electron chi connectivity index (χ0n) is 11.1. The molecule has 21 heavy (non-hydrogen) atoms. The molecule has 0 amide bonds. The Balaban J connectivity index is 2.30. The van der Waals surface area contributed by atoms with Crippen LogP contribution in [0.5, 0.6) is 0 Å². The van der Waals surface area contributed by atoms with Crippen LogP contribution in [0.3, 0.4) is 0 Å². The van der Waals surface area contributed by atoms with Crippen molar-refractivity contribution in [1.82, 2.24) is 15.0 Å². The molecule has 1 heterocycles. The van der Waals surface area contributed by atoms with Gasteiger partial charge in [-0.15, -0.1) is 16.7 Å². The van der Waals surface area contributed by atoms with Gasteiger partial charge in [-0.2, -0.15) is 0 Å². The zero-order chi connectivity index (χ0) is 15.4. The van der Waals surface area contributed by atoms with E-state index in [0.29, 0.717) is 15.7 Å². The number of aromatic nitrogens is 3. The Morgan fingerprint density at radius 2 is 2.24 bits per heavy atom. The van der Waals surface area contributed by atoms with Gasteiger partial charge in [0.25, 0.3) is 0 Å². The molecule has 0 spiro atoms. The number of benzene rings is 1. The molecule has 0 fully saturated rings. The highest BCUT2D eigenvalue weighted by molar-refractivity contribution is 9.10. The summed E-state index contributed by atoms with van der Waals surface area (Å²) < 4.78 is 20.3. The van der Waals surface area contributed by atoms with Crippen molar-refractivity contribution in [3.05, 3.63) is 45.4 Å². The summed E-state index contributed by atoms with van der Waals surface area (Å²) in [4.78, 5) is 11.7. The first kappa shape index (κ1) is 15.9. The van der Waals surface area contributed by atoms with Crippen LogP contribution in [-0.4, -0.2) is 27.6 Å². The highest BCUT2D eigenvalue weighted by Gasteiger charge is 2.20. The minimum Gasteiger partial charge on any atom is -0.461 e. The first-order chi connectivity index (χ1) is 10.0. The topological polar surface area (TPSA) is 57.0 Å². The average Bonchev–Trinajstić information content (AvgIpc) is 2.80. The largest absolute Gasteiger partial charge is 0.461 e. The predicted octanol–water partition coefficient (Wildman–Crippen LogP) is 3.14. The molecule has 0 N–H and O–H groups in total. The maximum atomic E-state index is 13.4. The van der Waals surface area contributed by atoms with Crippen molar-refractivity contribution in [2.24, 2.45) is 0 Å². The van der Waals surface area contributed by atoms with Gasteiger partial charge in [0.15, 0.2) is 5.69 Å². The lowest BCUT2D eigenvalue weighted by Gasteiger charge is -2.06. The second kappa shape index (κ2) is 7.00. The third-order valence-corrected chi connectivity index (χ3v) is 3.40. The number of alkyl halides is 1. The molecule has 0 aliphatic carbocycles. The Morgan fingerprint density at radius 1 is 1.48 bits per heavy atom. The van der Waals surface area contributed by atoms with Crippen LogP contribution >= 0.6 is 27.5 Å². The molecule has 5 nitrogen and oxygen atoms in total. The summed E-state index contributed by atoms with van der Waals surface area (Å²) in [6, 6.07) is 4.50. The standard InChI is InChI=1S/C13H12BrClFN3O2/c1-2-21-13(20)12-11(6-15)19(18-17-12)7-8-3-9(14)5-10(16)4-8/h3-5H,2,6-7H2,1H3. The lowest BCUT2D eigenvalue weighted by molar-refractivity contribution is 0.0518. The number of carbonyl (C=O) groups is 1. The number of nitrogens with zero attached hydrogens (tertiary/aromatic N) is 3. The lowest BCUT2D eigenvalue weighted by Crippen LogP contribution is -2.10. The summed E-state index contributed by atoms with van der Waals surface area (Å²) in [6.45, 7) is 2.20. The first-order valence-electron chi connectivity index (χ1n) is 6.15. The molecule has 0 aliphatic rings. The van der Waals surface area contributed by atoms with Crippen molar-refractivity contribution < 1.29 is 13.9 Å². The Kier molecular flexibility index (Phi) is 5.30. The Hall–Kier alpha value is -1.47. The normalized spacial score (nSPS) is 10.7. The number of hydrogen-bond donors (Lipinski definition) is 0. The molecular weight excluding hydrogens is 365 g/mol. The van der Waals surface area contributed by atoms with Crippen LogP contribution in [0.4, 0.5) is 4.39 Å². The number of ether oxygens (including phenoxy) is 1. The monoisotopic (exact) mass is 375 g/mol. The van der Waals surface area contributed by atoms with Gasteiger partial charge in [-0.1, -0.05) is 21.1 Å². The molecule has 0 bridgehead atoms. The van der Waals surface area contributed by atoms with Crippen LogP contribution in [0.2, 0.25) is 0 Å². The fourth-order valence-corrected chi connectivity index (χ4v) is 2.60. The van der Waals surface area contributed by atoms with E-state index in [0.717, 1.165) is 0 Å². The van der Waals surface area contributed by atoms with Crippen molar-refractivity contribution in [2.45, 2.75) is 19.3 Å². The molecule has 2 rings (SSSR count). The second-order valence-corrected chi connectivity index (χ2v) is 5.36. The van der Waals surface area contributed by atoms with E-state index in [9.17, 15) is 9.18 Å². The van der Waals surface area contributed by atoms with E-state index in [1.54, 1.807) is 13.0 Å². The fraction of sp³-hybridized carbons (Fsp3) is 0.308. The van der Waals surface area contributed by atoms with Crippen LogP contribution in [0.25, 0.3) is 0 Å². The van der Waals surface area contributed by atoms with Crippen LogP contribution in [0.1, 0.15) is 28.7 Å². The van der Waals surface area contributed by atoms with Crippen molar-refractivity contribution in [1.29, 1.82) is 0 Å². The smallest absolute Gasteiger partial charge is 0.360 e. The average molecular weight is 377 g/mol. The maximum Gasteiger partial charge on any atom is 0.360 e. The molecule has 112 valence electrons. The SMILES string of the molecule is CCOC(=O)c1nnn(Cc2cc(F)cc(Br)c2)c1CCl. The molecule has 8 heteroatoms. The van der Waals surface area contributed by atoms with Crippen LogP contribution < -0.4 is 0 Å². The molecule has 1 aromatic heterocycles. The molecule has 0 saturated carbocycles. The van der Waals surface area contributed by atoms with Crippen LogP contribution in [0.15, 0.2) is 22.7 Å². The third kappa shape index (κ3) is 3.79. The summed E-state index contributed by atoms with van der Waals surface area (Å²) in [5, 5.41) is 7.68. The van der Waals surface area contributed by atoms with Crippen molar-refractivity contribution in [3.63, 3.8) is 0 Å². The zero-order valence-corrected chi connectivity index (χ0v) is 13.5. The quantitative estimate of drug-likeness (QED) is 0.594. The van der Waals surface area contributed by atoms with E-state index in [-0.39, 0.29) is 30.5 Å². The van der Waals surface area contributed by atoms with Crippen LogP contribution in [-0.2, 0) is 17.2 Å². The van der Waals surface area contributed by atoms with Crippen molar-refractivity contribution in [3.8, 4) is 0 Å². The molecule has 0 atom stereocenters. The minimum absolute atomic E-state index is 0.0532. The van der Waals surface area contributed by atoms with Gasteiger partial charge in [-0.25, -0.2) is 13.9 Å². The molecule has 0 saturated heterocycles. The van der Waals surface area contributed by atoms with Crippen molar-refractivity contribution >= 4 is 33.5 Å². The van der Waals surface area contributed by atoms with Gasteiger partial charge < -0.3 is 4.74 Å². The Labute approximate surface area is 134 Å². The number of hydrogen-bond acceptors (Lipinski definition) is 4. The number of rotatable bonds is 5. The van der Waals surface area contributed by atoms with Gasteiger partial charge >= 0.3 is 5.97 Å². The minimum atomic E-state index is -0.570. The number of esters is 1. The van der Waals surface area contributed by atoms with Gasteiger partial charge in [-0.3, -0.25) is 0 Å². The second-order valence-electron chi connectivity index (χ2n) is 4.17. The highest BCUT2D eigenvalue weighted by atomic mass is 79.9. The summed E-state index contributed by atoms with van der Waals surface area (Å²) in [5.74, 6) is -0.880. The maximum absolute atomic E-state index is 13.4. The highest BCUT2D eigenvalue weighted by Crippen LogP contribution is 2.17. The summed E-state index contributed by atoms with van der Waals surface area (Å²) >= 11 is 9.09. The molecule has 0 radical (unpaired) electrons. The predicted molar refractivity (Wildman–Crippen MR) is 78.7 cm³/mol. The third-order valence-electron chi connectivity index (χ3n) is 2.69. The first-order valence-corrected chi connectivity index (χ1v) is 7.48. The fourth-order valence-electron chi connectivity index (χ4n) is 1.83. The summed E-state index contributed by atoms with van der Waals surface area (Å²) in [6.07, 6.45) is 0. The van der Waals surface area contributed by atoms with Crippen LogP contribution in [0, 0.1) is 5.82 Å². The Morgan fingerprint density at radius 3 is 2.86 bits per heavy atom. The summed E-state index contributed by atoms with van der Waals surface area (Å²) in [7, 11) is 0. The Bertz CT molecular complexity index is 643. The van der Waals surface area contributed by atoms with Gasteiger partial charge in [0.2, 0.25) is 0 Å². The molecule has 1 aromatic carbocycles.